The topological polar surface area (TPSA) is 46.3 Å². The van der Waals surface area contributed by atoms with Gasteiger partial charge in [0.05, 0.1) is 4.99 Å². The molecule has 4 heteroatoms. The molecule has 1 atom stereocenters. The zero-order chi connectivity index (χ0) is 12.1. The van der Waals surface area contributed by atoms with E-state index in [-0.39, 0.29) is 5.91 Å². The number of nitrogens with two attached hydrogens (primary N) is 1. The molecule has 0 saturated carbocycles. The molecule has 1 amide bonds. The molecular formula is C12H22N2OS. The van der Waals surface area contributed by atoms with Crippen LogP contribution in [0.4, 0.5) is 0 Å². The molecule has 0 aromatic heterocycles. The summed E-state index contributed by atoms with van der Waals surface area (Å²) in [6.45, 7) is 6.03. The van der Waals surface area contributed by atoms with Crippen LogP contribution in [0.15, 0.2) is 0 Å². The Morgan fingerprint density at radius 2 is 2.25 bits per heavy atom. The van der Waals surface area contributed by atoms with Crippen LogP contribution in [0.3, 0.4) is 0 Å². The van der Waals surface area contributed by atoms with Crippen molar-refractivity contribution in [1.29, 1.82) is 0 Å². The molecule has 1 saturated heterocycles. The van der Waals surface area contributed by atoms with Crippen LogP contribution in [0, 0.1) is 11.8 Å². The van der Waals surface area contributed by atoms with Gasteiger partial charge in [-0.2, -0.15) is 0 Å². The number of thiocarbonyl (C=S) groups is 1. The summed E-state index contributed by atoms with van der Waals surface area (Å²) in [4.78, 5) is 14.3. The number of carbonyl (C=O) groups excluding carboxylic acids is 1. The van der Waals surface area contributed by atoms with Crippen LogP contribution >= 0.6 is 12.2 Å². The summed E-state index contributed by atoms with van der Waals surface area (Å²) in [5.41, 5.74) is 5.46. The molecule has 1 aliphatic heterocycles. The van der Waals surface area contributed by atoms with Gasteiger partial charge in [-0.25, -0.2) is 0 Å². The Labute approximate surface area is 103 Å². The van der Waals surface area contributed by atoms with Gasteiger partial charge in [-0.1, -0.05) is 26.1 Å². The second-order valence-corrected chi connectivity index (χ2v) is 5.45. The van der Waals surface area contributed by atoms with Gasteiger partial charge in [0.15, 0.2) is 0 Å². The van der Waals surface area contributed by atoms with E-state index in [1.54, 1.807) is 0 Å². The van der Waals surface area contributed by atoms with Gasteiger partial charge >= 0.3 is 0 Å². The van der Waals surface area contributed by atoms with E-state index >= 15 is 0 Å². The van der Waals surface area contributed by atoms with Gasteiger partial charge in [-0.15, -0.1) is 0 Å². The van der Waals surface area contributed by atoms with Crippen LogP contribution in [-0.4, -0.2) is 28.9 Å². The Kier molecular flexibility index (Phi) is 5.19. The lowest BCUT2D eigenvalue weighted by Gasteiger charge is -2.21. The molecule has 92 valence electrons. The molecule has 16 heavy (non-hydrogen) atoms. The molecule has 1 fully saturated rings. The smallest absolute Gasteiger partial charge is 0.222 e. The van der Waals surface area contributed by atoms with Crippen molar-refractivity contribution in [2.75, 3.05) is 13.1 Å². The van der Waals surface area contributed by atoms with Gasteiger partial charge in [-0.3, -0.25) is 4.79 Å². The third-order valence-corrected chi connectivity index (χ3v) is 3.63. The third-order valence-electron chi connectivity index (χ3n) is 3.42. The molecule has 1 rings (SSSR count). The van der Waals surface area contributed by atoms with Gasteiger partial charge in [0.1, 0.15) is 0 Å². The van der Waals surface area contributed by atoms with E-state index < -0.39 is 0 Å². The molecule has 0 aromatic rings. The normalized spacial score (nSPS) is 22.3. The lowest BCUT2D eigenvalue weighted by molar-refractivity contribution is -0.130. The maximum Gasteiger partial charge on any atom is 0.222 e. The predicted molar refractivity (Wildman–Crippen MR) is 70.2 cm³/mol. The van der Waals surface area contributed by atoms with Crippen LogP contribution < -0.4 is 5.73 Å². The van der Waals surface area contributed by atoms with E-state index in [1.807, 2.05) is 4.90 Å². The fraction of sp³-hybridized carbons (Fsp3) is 0.833. The molecule has 3 nitrogen and oxygen atoms in total. The maximum atomic E-state index is 11.8. The first kappa shape index (κ1) is 13.4. The van der Waals surface area contributed by atoms with Gasteiger partial charge in [-0.05, 0) is 24.7 Å². The minimum atomic E-state index is 0.263. The van der Waals surface area contributed by atoms with E-state index in [0.717, 1.165) is 19.4 Å². The third kappa shape index (κ3) is 4.08. The molecule has 1 heterocycles. The van der Waals surface area contributed by atoms with E-state index in [1.165, 1.54) is 0 Å². The van der Waals surface area contributed by atoms with Crippen LogP contribution in [0.2, 0.25) is 0 Å². The first-order valence-corrected chi connectivity index (χ1v) is 6.47. The number of hydrogen-bond donors (Lipinski definition) is 1. The average molecular weight is 242 g/mol. The molecule has 1 unspecified atom stereocenters. The number of likely N-dealkylation sites (tertiary alicyclic amines) is 1. The first-order chi connectivity index (χ1) is 7.50. The summed E-state index contributed by atoms with van der Waals surface area (Å²) in [5.74, 6) is 1.61. The Bertz CT molecular complexity index is 266. The lowest BCUT2D eigenvalue weighted by atomic mass is 9.89. The Hall–Kier alpha value is -0.640. The van der Waals surface area contributed by atoms with E-state index in [2.05, 4.69) is 13.8 Å². The van der Waals surface area contributed by atoms with Gasteiger partial charge in [0.25, 0.3) is 0 Å². The molecule has 0 aliphatic carbocycles. The van der Waals surface area contributed by atoms with Crippen molar-refractivity contribution in [3.8, 4) is 0 Å². The Balaban J connectivity index is 2.47. The van der Waals surface area contributed by atoms with Crippen LogP contribution in [0.1, 0.15) is 39.5 Å². The number of carbonyl (C=O) groups is 1. The van der Waals surface area contributed by atoms with E-state index in [0.29, 0.717) is 36.2 Å². The number of hydrogen-bond acceptors (Lipinski definition) is 2. The van der Waals surface area contributed by atoms with Crippen molar-refractivity contribution >= 4 is 23.1 Å². The number of nitrogens with zero attached hydrogens (tertiary/aromatic N) is 1. The van der Waals surface area contributed by atoms with Crippen molar-refractivity contribution in [1.82, 2.24) is 4.90 Å². The van der Waals surface area contributed by atoms with Gasteiger partial charge < -0.3 is 10.6 Å². The summed E-state index contributed by atoms with van der Waals surface area (Å²) in [7, 11) is 0. The molecule has 0 spiro atoms. The molecule has 0 radical (unpaired) electrons. The predicted octanol–water partition coefficient (Wildman–Crippen LogP) is 1.95. The molecule has 0 aromatic carbocycles. The van der Waals surface area contributed by atoms with Crippen LogP contribution in [0.5, 0.6) is 0 Å². The molecule has 1 aliphatic rings. The van der Waals surface area contributed by atoms with E-state index in [4.69, 9.17) is 18.0 Å². The zero-order valence-electron chi connectivity index (χ0n) is 10.2. The quantitative estimate of drug-likeness (QED) is 0.766. The highest BCUT2D eigenvalue weighted by atomic mass is 32.1. The van der Waals surface area contributed by atoms with Gasteiger partial charge in [0, 0.05) is 25.9 Å². The lowest BCUT2D eigenvalue weighted by Crippen LogP contribution is -2.33. The minimum absolute atomic E-state index is 0.263. The Morgan fingerprint density at radius 3 is 2.81 bits per heavy atom. The maximum absolute atomic E-state index is 11.8. The molecule has 2 N–H and O–H groups in total. The Morgan fingerprint density at radius 1 is 1.56 bits per heavy atom. The van der Waals surface area contributed by atoms with Crippen molar-refractivity contribution in [2.24, 2.45) is 17.6 Å². The number of amides is 1. The summed E-state index contributed by atoms with van der Waals surface area (Å²) in [6, 6.07) is 0. The fourth-order valence-electron chi connectivity index (χ4n) is 2.21. The van der Waals surface area contributed by atoms with Crippen LogP contribution in [0.25, 0.3) is 0 Å². The summed E-state index contributed by atoms with van der Waals surface area (Å²) >= 11 is 4.84. The fourth-order valence-corrected chi connectivity index (χ4v) is 2.30. The second kappa shape index (κ2) is 6.18. The summed E-state index contributed by atoms with van der Waals surface area (Å²) in [5, 5.41) is 0. The average Bonchev–Trinajstić information content (AvgIpc) is 2.37. The second-order valence-electron chi connectivity index (χ2n) is 4.93. The first-order valence-electron chi connectivity index (χ1n) is 6.06. The standard InChI is InChI=1S/C12H22N2OS/c1-9(2)10-3-4-12(15)14(7-5-10)8-6-11(13)16/h9-10H,3-8H2,1-2H3,(H2,13,16). The van der Waals surface area contributed by atoms with E-state index in [9.17, 15) is 4.79 Å². The summed E-state index contributed by atoms with van der Waals surface area (Å²) in [6.07, 6.45) is 3.47. The van der Waals surface area contributed by atoms with Crippen LogP contribution in [-0.2, 0) is 4.79 Å². The van der Waals surface area contributed by atoms with Crippen molar-refractivity contribution < 1.29 is 4.79 Å². The highest BCUT2D eigenvalue weighted by Gasteiger charge is 2.23. The minimum Gasteiger partial charge on any atom is -0.393 e. The SMILES string of the molecule is CC(C)C1CCC(=O)N(CCC(N)=S)CC1. The largest absolute Gasteiger partial charge is 0.393 e. The zero-order valence-corrected chi connectivity index (χ0v) is 11.1. The summed E-state index contributed by atoms with van der Waals surface area (Å²) < 4.78 is 0. The highest BCUT2D eigenvalue weighted by Crippen LogP contribution is 2.25. The number of rotatable bonds is 4. The highest BCUT2D eigenvalue weighted by molar-refractivity contribution is 7.80. The van der Waals surface area contributed by atoms with Crippen molar-refractivity contribution in [3.63, 3.8) is 0 Å². The van der Waals surface area contributed by atoms with Crippen molar-refractivity contribution in [3.05, 3.63) is 0 Å². The van der Waals surface area contributed by atoms with Crippen molar-refractivity contribution in [2.45, 2.75) is 39.5 Å². The van der Waals surface area contributed by atoms with Gasteiger partial charge in [0.2, 0.25) is 5.91 Å². The monoisotopic (exact) mass is 242 g/mol. The molecule has 0 bridgehead atoms. The molecular weight excluding hydrogens is 220 g/mol.